The molecule has 1 heterocycles. The second-order valence-corrected chi connectivity index (χ2v) is 10.3. The van der Waals surface area contributed by atoms with Gasteiger partial charge in [-0.05, 0) is 77.5 Å². The lowest BCUT2D eigenvalue weighted by atomic mass is 9.95. The van der Waals surface area contributed by atoms with E-state index in [4.69, 9.17) is 16.7 Å². The van der Waals surface area contributed by atoms with Crippen LogP contribution in [0.3, 0.4) is 0 Å². The summed E-state index contributed by atoms with van der Waals surface area (Å²) in [6.45, 7) is 0.819. The number of carbonyl (C=O) groups excluding carboxylic acids is 1. The Labute approximate surface area is 188 Å². The van der Waals surface area contributed by atoms with Crippen molar-refractivity contribution in [2.75, 3.05) is 25.0 Å². The number of anilines is 1. The van der Waals surface area contributed by atoms with E-state index in [0.29, 0.717) is 44.0 Å². The van der Waals surface area contributed by atoms with Crippen LogP contribution in [0.25, 0.3) is 0 Å². The van der Waals surface area contributed by atoms with E-state index in [9.17, 15) is 17.6 Å². The van der Waals surface area contributed by atoms with Gasteiger partial charge in [0.05, 0.1) is 20.0 Å². The van der Waals surface area contributed by atoms with E-state index in [1.54, 1.807) is 0 Å². The molecule has 2 aromatic rings. The Morgan fingerprint density at radius 1 is 1.23 bits per heavy atom. The Morgan fingerprint density at radius 2 is 1.93 bits per heavy atom. The maximum absolute atomic E-state index is 13.4. The van der Waals surface area contributed by atoms with Gasteiger partial charge in [-0.25, -0.2) is 12.8 Å². The van der Waals surface area contributed by atoms with E-state index >= 15 is 0 Å². The molecule has 0 atom stereocenters. The number of amides is 1. The van der Waals surface area contributed by atoms with Gasteiger partial charge in [-0.15, -0.1) is 0 Å². The number of sulfonamides is 1. The van der Waals surface area contributed by atoms with Gasteiger partial charge in [0.2, 0.25) is 10.0 Å². The molecule has 6 nitrogen and oxygen atoms in total. The summed E-state index contributed by atoms with van der Waals surface area (Å²) in [7, 11) is -3.78. The van der Waals surface area contributed by atoms with Crippen LogP contribution in [0.4, 0.5) is 10.1 Å². The molecule has 1 fully saturated rings. The highest BCUT2D eigenvalue weighted by atomic mass is 79.9. The monoisotopic (exact) mass is 518 g/mol. The number of piperidine rings is 1. The summed E-state index contributed by atoms with van der Waals surface area (Å²) in [6, 6.07) is 8.00. The van der Waals surface area contributed by atoms with Crippen molar-refractivity contribution in [3.05, 3.63) is 57.3 Å². The molecule has 30 heavy (non-hydrogen) atoms. The number of carbonyl (C=O) groups is 1. The quantitative estimate of drug-likeness (QED) is 0.597. The van der Waals surface area contributed by atoms with Crippen LogP contribution in [-0.2, 0) is 10.0 Å². The predicted octanol–water partition coefficient (Wildman–Crippen LogP) is 4.28. The van der Waals surface area contributed by atoms with Gasteiger partial charge in [0.25, 0.3) is 5.91 Å². The lowest BCUT2D eigenvalue weighted by Crippen LogP contribution is -2.38. The summed E-state index contributed by atoms with van der Waals surface area (Å²) in [5.41, 5.74) is 0.344. The minimum atomic E-state index is -3.78. The number of benzene rings is 2. The number of aliphatic hydroxyl groups excluding tert-OH is 1. The molecule has 1 amide bonds. The van der Waals surface area contributed by atoms with Gasteiger partial charge in [0, 0.05) is 25.4 Å². The molecule has 0 aromatic heterocycles. The first-order valence-corrected chi connectivity index (χ1v) is 12.0. The topological polar surface area (TPSA) is 86.7 Å². The van der Waals surface area contributed by atoms with Crippen molar-refractivity contribution in [2.24, 2.45) is 5.92 Å². The summed E-state index contributed by atoms with van der Waals surface area (Å²) in [4.78, 5) is 12.6. The number of halogens is 3. The zero-order chi connectivity index (χ0) is 21.9. The van der Waals surface area contributed by atoms with Gasteiger partial charge in [-0.3, -0.25) is 4.79 Å². The first-order chi connectivity index (χ1) is 14.2. The van der Waals surface area contributed by atoms with Crippen LogP contribution in [0.1, 0.15) is 29.6 Å². The molecular formula is C20H21BrClFN2O4S. The van der Waals surface area contributed by atoms with E-state index in [1.807, 2.05) is 0 Å². The Balaban J connectivity index is 1.80. The fraction of sp³-hybridized carbons (Fsp3) is 0.350. The Kier molecular flexibility index (Phi) is 7.52. The molecule has 3 rings (SSSR count). The van der Waals surface area contributed by atoms with Crippen LogP contribution in [0.15, 0.2) is 45.8 Å². The molecule has 1 aliphatic heterocycles. The lowest BCUT2D eigenvalue weighted by molar-refractivity contribution is 0.102. The first-order valence-electron chi connectivity index (χ1n) is 9.39. The van der Waals surface area contributed by atoms with Crippen molar-refractivity contribution in [3.63, 3.8) is 0 Å². The highest BCUT2D eigenvalue weighted by molar-refractivity contribution is 9.10. The highest BCUT2D eigenvalue weighted by Crippen LogP contribution is 2.28. The third kappa shape index (κ3) is 5.20. The number of nitrogens with zero attached hydrogens (tertiary/aromatic N) is 1. The van der Waals surface area contributed by atoms with Crippen molar-refractivity contribution < 1.29 is 22.7 Å². The second kappa shape index (κ2) is 9.74. The molecule has 162 valence electrons. The molecule has 0 saturated carbocycles. The molecule has 1 aliphatic rings. The van der Waals surface area contributed by atoms with Crippen LogP contribution in [0, 0.1) is 11.7 Å². The van der Waals surface area contributed by atoms with Crippen molar-refractivity contribution in [1.29, 1.82) is 0 Å². The zero-order valence-electron chi connectivity index (χ0n) is 15.9. The van der Waals surface area contributed by atoms with E-state index in [2.05, 4.69) is 21.2 Å². The maximum atomic E-state index is 13.4. The molecule has 2 aromatic carbocycles. The van der Waals surface area contributed by atoms with Crippen LogP contribution >= 0.6 is 27.5 Å². The van der Waals surface area contributed by atoms with Crippen LogP contribution in [-0.4, -0.2) is 43.4 Å². The summed E-state index contributed by atoms with van der Waals surface area (Å²) in [6.07, 6.45) is 2.03. The van der Waals surface area contributed by atoms with Gasteiger partial charge >= 0.3 is 0 Å². The van der Waals surface area contributed by atoms with Crippen molar-refractivity contribution in [1.82, 2.24) is 4.31 Å². The third-order valence-corrected chi connectivity index (χ3v) is 7.94. The summed E-state index contributed by atoms with van der Waals surface area (Å²) >= 11 is 9.19. The predicted molar refractivity (Wildman–Crippen MR) is 117 cm³/mol. The molecule has 0 aliphatic carbocycles. The Morgan fingerprint density at radius 3 is 2.57 bits per heavy atom. The average Bonchev–Trinajstić information content (AvgIpc) is 2.71. The van der Waals surface area contributed by atoms with Gasteiger partial charge in [-0.2, -0.15) is 4.31 Å². The molecular weight excluding hydrogens is 499 g/mol. The fourth-order valence-corrected chi connectivity index (χ4v) is 5.46. The van der Waals surface area contributed by atoms with Gasteiger partial charge in [-0.1, -0.05) is 11.6 Å². The molecule has 0 bridgehead atoms. The number of rotatable bonds is 6. The molecule has 1 saturated heterocycles. The number of hydrogen-bond donors (Lipinski definition) is 2. The van der Waals surface area contributed by atoms with E-state index in [-0.39, 0.29) is 26.6 Å². The van der Waals surface area contributed by atoms with Crippen LogP contribution in [0.5, 0.6) is 0 Å². The Bertz CT molecular complexity index is 1040. The largest absolute Gasteiger partial charge is 0.396 e. The molecule has 0 unspecified atom stereocenters. The number of nitrogens with one attached hydrogen (secondary N) is 1. The third-order valence-electron chi connectivity index (χ3n) is 5.11. The summed E-state index contributed by atoms with van der Waals surface area (Å²) in [5, 5.41) is 11.8. The van der Waals surface area contributed by atoms with E-state index in [0.717, 1.165) is 0 Å². The highest BCUT2D eigenvalue weighted by Gasteiger charge is 2.30. The number of aliphatic hydroxyl groups is 1. The fourth-order valence-electron chi connectivity index (χ4n) is 3.38. The summed E-state index contributed by atoms with van der Waals surface area (Å²) < 4.78 is 41.0. The lowest BCUT2D eigenvalue weighted by Gasteiger charge is -2.31. The van der Waals surface area contributed by atoms with Crippen molar-refractivity contribution >= 4 is 49.1 Å². The number of hydrogen-bond acceptors (Lipinski definition) is 4. The smallest absolute Gasteiger partial charge is 0.257 e. The van der Waals surface area contributed by atoms with Gasteiger partial charge in [0.15, 0.2) is 0 Å². The molecule has 10 heteroatoms. The van der Waals surface area contributed by atoms with Gasteiger partial charge in [0.1, 0.15) is 5.82 Å². The maximum Gasteiger partial charge on any atom is 0.257 e. The SMILES string of the molecule is O=C(Nc1ccc(F)c(Br)c1)c1cc(S(=O)(=O)N2CCC(CCO)CC2)ccc1Cl. The van der Waals surface area contributed by atoms with Crippen LogP contribution in [0.2, 0.25) is 5.02 Å². The van der Waals surface area contributed by atoms with E-state index < -0.39 is 21.7 Å². The first kappa shape index (κ1) is 23.1. The van der Waals surface area contributed by atoms with Crippen LogP contribution < -0.4 is 5.32 Å². The molecule has 2 N–H and O–H groups in total. The van der Waals surface area contributed by atoms with E-state index in [1.165, 1.54) is 40.7 Å². The van der Waals surface area contributed by atoms with Crippen molar-refractivity contribution in [3.8, 4) is 0 Å². The minimum absolute atomic E-state index is 0.00774. The molecule has 0 spiro atoms. The normalized spacial score (nSPS) is 15.9. The van der Waals surface area contributed by atoms with Crippen molar-refractivity contribution in [2.45, 2.75) is 24.2 Å². The zero-order valence-corrected chi connectivity index (χ0v) is 19.1. The summed E-state index contributed by atoms with van der Waals surface area (Å²) in [5.74, 6) is -0.762. The molecule has 0 radical (unpaired) electrons. The Hall–Kier alpha value is -1.52. The minimum Gasteiger partial charge on any atom is -0.396 e. The second-order valence-electron chi connectivity index (χ2n) is 7.08. The standard InChI is InChI=1S/C20H21BrClFN2O4S/c21-17-11-14(1-4-19(17)23)24-20(27)16-12-15(2-3-18(16)22)30(28,29)25-8-5-13(6-9-25)7-10-26/h1-4,11-13,26H,5-10H2,(H,24,27). The van der Waals surface area contributed by atoms with Gasteiger partial charge < -0.3 is 10.4 Å². The average molecular weight is 520 g/mol.